The summed E-state index contributed by atoms with van der Waals surface area (Å²) in [6, 6.07) is 14.9. The van der Waals surface area contributed by atoms with Crippen molar-refractivity contribution in [3.05, 3.63) is 65.9 Å². The predicted octanol–water partition coefficient (Wildman–Crippen LogP) is 3.15. The molecule has 0 saturated carbocycles. The molecular weight excluding hydrogens is 268 g/mol. The summed E-state index contributed by atoms with van der Waals surface area (Å²) in [4.78, 5) is 23.1. The summed E-state index contributed by atoms with van der Waals surface area (Å²) in [7, 11) is 0. The Balaban J connectivity index is 1.89. The fourth-order valence-corrected chi connectivity index (χ4v) is 2.08. The summed E-state index contributed by atoms with van der Waals surface area (Å²) in [5.41, 5.74) is 6.71. The Bertz CT molecular complexity index is 786. The fourth-order valence-electron chi connectivity index (χ4n) is 2.08. The normalized spacial score (nSPS) is 10.5. The standard InChI is InChI=1S/C16H12N2O3/c17-16(20)18-12-7-5-10(6-8-12)15(19)14-9-11-3-1-2-4-13(11)21-14/h1-9H,(H3,17,18,20). The molecule has 0 aliphatic heterocycles. The zero-order chi connectivity index (χ0) is 14.8. The molecule has 2 aromatic carbocycles. The first kappa shape index (κ1) is 12.9. The van der Waals surface area contributed by atoms with E-state index in [1.54, 1.807) is 30.3 Å². The number of nitrogens with one attached hydrogen (secondary N) is 1. The second-order valence-corrected chi connectivity index (χ2v) is 4.54. The third-order valence-electron chi connectivity index (χ3n) is 3.06. The van der Waals surface area contributed by atoms with Crippen molar-refractivity contribution in [1.82, 2.24) is 0 Å². The van der Waals surface area contributed by atoms with Crippen molar-refractivity contribution in [1.29, 1.82) is 0 Å². The smallest absolute Gasteiger partial charge is 0.316 e. The summed E-state index contributed by atoms with van der Waals surface area (Å²) in [5, 5.41) is 3.32. The van der Waals surface area contributed by atoms with E-state index in [1.165, 1.54) is 0 Å². The highest BCUT2D eigenvalue weighted by atomic mass is 16.3. The summed E-state index contributed by atoms with van der Waals surface area (Å²) in [5.74, 6) is 0.0728. The molecule has 0 bridgehead atoms. The minimum atomic E-state index is -0.647. The van der Waals surface area contributed by atoms with Gasteiger partial charge < -0.3 is 15.5 Å². The van der Waals surface area contributed by atoms with E-state index in [1.807, 2.05) is 24.3 Å². The number of benzene rings is 2. The highest BCUT2D eigenvalue weighted by Gasteiger charge is 2.14. The van der Waals surface area contributed by atoms with Crippen LogP contribution in [-0.4, -0.2) is 11.8 Å². The lowest BCUT2D eigenvalue weighted by molar-refractivity contribution is 0.101. The summed E-state index contributed by atoms with van der Waals surface area (Å²) in [6.45, 7) is 0. The van der Waals surface area contributed by atoms with Gasteiger partial charge in [-0.3, -0.25) is 4.79 Å². The van der Waals surface area contributed by atoms with E-state index >= 15 is 0 Å². The number of anilines is 1. The molecular formula is C16H12N2O3. The zero-order valence-corrected chi connectivity index (χ0v) is 11.0. The Labute approximate surface area is 120 Å². The number of carbonyl (C=O) groups is 2. The van der Waals surface area contributed by atoms with Crippen molar-refractivity contribution in [2.24, 2.45) is 5.73 Å². The van der Waals surface area contributed by atoms with Crippen LogP contribution < -0.4 is 11.1 Å². The zero-order valence-electron chi connectivity index (χ0n) is 11.0. The molecule has 5 heteroatoms. The maximum Gasteiger partial charge on any atom is 0.316 e. The lowest BCUT2D eigenvalue weighted by Gasteiger charge is -2.02. The summed E-state index contributed by atoms with van der Waals surface area (Å²) >= 11 is 0. The number of amides is 2. The minimum Gasteiger partial charge on any atom is -0.453 e. The van der Waals surface area contributed by atoms with E-state index in [2.05, 4.69) is 5.32 Å². The number of furan rings is 1. The molecule has 2 amide bonds. The quantitative estimate of drug-likeness (QED) is 0.722. The second kappa shape index (κ2) is 5.13. The number of carbonyl (C=O) groups excluding carboxylic acids is 2. The van der Waals surface area contributed by atoms with Gasteiger partial charge in [0, 0.05) is 16.6 Å². The van der Waals surface area contributed by atoms with Crippen LogP contribution in [0.3, 0.4) is 0 Å². The lowest BCUT2D eigenvalue weighted by Crippen LogP contribution is -2.19. The third-order valence-corrected chi connectivity index (χ3v) is 3.06. The largest absolute Gasteiger partial charge is 0.453 e. The van der Waals surface area contributed by atoms with Crippen molar-refractivity contribution in [2.45, 2.75) is 0 Å². The van der Waals surface area contributed by atoms with Gasteiger partial charge in [-0.2, -0.15) is 0 Å². The van der Waals surface area contributed by atoms with Crippen LogP contribution in [0.5, 0.6) is 0 Å². The van der Waals surface area contributed by atoms with Crippen molar-refractivity contribution in [2.75, 3.05) is 5.32 Å². The van der Waals surface area contributed by atoms with Crippen molar-refractivity contribution in [3.8, 4) is 0 Å². The highest BCUT2D eigenvalue weighted by molar-refractivity contribution is 6.09. The average Bonchev–Trinajstić information content (AvgIpc) is 2.90. The third kappa shape index (κ3) is 2.62. The first-order chi connectivity index (χ1) is 10.1. The first-order valence-electron chi connectivity index (χ1n) is 6.33. The summed E-state index contributed by atoms with van der Waals surface area (Å²) < 4.78 is 5.54. The molecule has 3 rings (SSSR count). The average molecular weight is 280 g/mol. The fraction of sp³-hybridized carbons (Fsp3) is 0. The topological polar surface area (TPSA) is 85.3 Å². The number of ketones is 1. The van der Waals surface area contributed by atoms with Crippen LogP contribution in [0.4, 0.5) is 10.5 Å². The van der Waals surface area contributed by atoms with E-state index < -0.39 is 6.03 Å². The molecule has 3 N–H and O–H groups in total. The number of hydrogen-bond acceptors (Lipinski definition) is 3. The molecule has 0 radical (unpaired) electrons. The molecule has 104 valence electrons. The van der Waals surface area contributed by atoms with E-state index in [4.69, 9.17) is 10.2 Å². The molecule has 0 unspecified atom stereocenters. The number of nitrogens with two attached hydrogens (primary N) is 1. The molecule has 0 aliphatic rings. The SMILES string of the molecule is NC(=O)Nc1ccc(C(=O)c2cc3ccccc3o2)cc1. The number of para-hydroxylation sites is 1. The Hall–Kier alpha value is -3.08. The van der Waals surface area contributed by atoms with Gasteiger partial charge >= 0.3 is 6.03 Å². The van der Waals surface area contributed by atoms with Crippen LogP contribution in [0.25, 0.3) is 11.0 Å². The maximum absolute atomic E-state index is 12.3. The van der Waals surface area contributed by atoms with E-state index in [0.29, 0.717) is 16.8 Å². The van der Waals surface area contributed by atoms with Gasteiger partial charge in [0.15, 0.2) is 5.76 Å². The van der Waals surface area contributed by atoms with Gasteiger partial charge in [-0.1, -0.05) is 18.2 Å². The molecule has 0 fully saturated rings. The van der Waals surface area contributed by atoms with Crippen molar-refractivity contribution >= 4 is 28.5 Å². The number of rotatable bonds is 3. The Morgan fingerprint density at radius 1 is 1.00 bits per heavy atom. The molecule has 5 nitrogen and oxygen atoms in total. The van der Waals surface area contributed by atoms with Gasteiger partial charge in [0.25, 0.3) is 0 Å². The van der Waals surface area contributed by atoms with Crippen LogP contribution in [-0.2, 0) is 0 Å². The van der Waals surface area contributed by atoms with Gasteiger partial charge in [0.1, 0.15) is 5.58 Å². The number of urea groups is 1. The van der Waals surface area contributed by atoms with Gasteiger partial charge in [-0.15, -0.1) is 0 Å². The van der Waals surface area contributed by atoms with Crippen LogP contribution in [0.1, 0.15) is 16.1 Å². The molecule has 0 atom stereocenters. The van der Waals surface area contributed by atoms with E-state index in [9.17, 15) is 9.59 Å². The molecule has 0 aliphatic carbocycles. The van der Waals surface area contributed by atoms with Crippen molar-refractivity contribution < 1.29 is 14.0 Å². The second-order valence-electron chi connectivity index (χ2n) is 4.54. The van der Waals surface area contributed by atoms with Crippen LogP contribution >= 0.6 is 0 Å². The minimum absolute atomic E-state index is 0.211. The molecule has 21 heavy (non-hydrogen) atoms. The highest BCUT2D eigenvalue weighted by Crippen LogP contribution is 2.21. The van der Waals surface area contributed by atoms with Gasteiger partial charge in [-0.25, -0.2) is 4.79 Å². The van der Waals surface area contributed by atoms with Gasteiger partial charge in [0.05, 0.1) is 0 Å². The Morgan fingerprint density at radius 2 is 1.71 bits per heavy atom. The van der Waals surface area contributed by atoms with Gasteiger partial charge in [-0.05, 0) is 36.4 Å². The molecule has 1 aromatic heterocycles. The van der Waals surface area contributed by atoms with E-state index in [0.717, 1.165) is 5.39 Å². The van der Waals surface area contributed by atoms with Crippen LogP contribution in [0, 0.1) is 0 Å². The summed E-state index contributed by atoms with van der Waals surface area (Å²) in [6.07, 6.45) is 0. The number of hydrogen-bond donors (Lipinski definition) is 2. The first-order valence-corrected chi connectivity index (χ1v) is 6.33. The Morgan fingerprint density at radius 3 is 2.38 bits per heavy atom. The molecule has 3 aromatic rings. The number of primary amides is 1. The number of fused-ring (bicyclic) bond motifs is 1. The Kier molecular flexibility index (Phi) is 3.16. The van der Waals surface area contributed by atoms with Crippen LogP contribution in [0.15, 0.2) is 59.0 Å². The molecule has 0 spiro atoms. The van der Waals surface area contributed by atoms with Gasteiger partial charge in [0.2, 0.25) is 5.78 Å². The predicted molar refractivity (Wildman–Crippen MR) is 79.3 cm³/mol. The maximum atomic E-state index is 12.3. The molecule has 1 heterocycles. The molecule has 0 saturated heterocycles. The monoisotopic (exact) mass is 280 g/mol. The lowest BCUT2D eigenvalue weighted by atomic mass is 10.1. The van der Waals surface area contributed by atoms with E-state index in [-0.39, 0.29) is 11.5 Å². The van der Waals surface area contributed by atoms with Crippen molar-refractivity contribution in [3.63, 3.8) is 0 Å². The van der Waals surface area contributed by atoms with Crippen LogP contribution in [0.2, 0.25) is 0 Å².